The third-order valence-electron chi connectivity index (χ3n) is 3.61. The molecule has 0 saturated heterocycles. The molecule has 0 aliphatic heterocycles. The first-order valence-electron chi connectivity index (χ1n) is 7.42. The quantitative estimate of drug-likeness (QED) is 0.711. The van der Waals surface area contributed by atoms with Gasteiger partial charge >= 0.3 is 0 Å². The molecule has 0 radical (unpaired) electrons. The topological polar surface area (TPSA) is 78.4 Å². The molecule has 0 aromatic heterocycles. The van der Waals surface area contributed by atoms with Gasteiger partial charge in [0.25, 0.3) is 0 Å². The van der Waals surface area contributed by atoms with Crippen molar-refractivity contribution in [2.45, 2.75) is 38.6 Å². The molecule has 3 N–H and O–H groups in total. The minimum absolute atomic E-state index is 0.0472. The normalized spacial score (nSPS) is 15.3. The van der Waals surface area contributed by atoms with Crippen LogP contribution in [0.3, 0.4) is 0 Å². The summed E-state index contributed by atoms with van der Waals surface area (Å²) in [6.07, 6.45) is 2.93. The van der Waals surface area contributed by atoms with E-state index >= 15 is 0 Å². The van der Waals surface area contributed by atoms with Crippen LogP contribution in [0.15, 0.2) is 24.3 Å². The van der Waals surface area contributed by atoms with Crippen LogP contribution in [-0.2, 0) is 16.0 Å². The summed E-state index contributed by atoms with van der Waals surface area (Å²) in [6, 6.07) is 7.11. The summed E-state index contributed by atoms with van der Waals surface area (Å²) >= 11 is 0. The molecule has 1 fully saturated rings. The highest BCUT2D eigenvalue weighted by Crippen LogP contribution is 2.30. The van der Waals surface area contributed by atoms with Crippen molar-refractivity contribution in [3.63, 3.8) is 0 Å². The first kappa shape index (κ1) is 15.5. The Morgan fingerprint density at radius 2 is 1.95 bits per heavy atom. The van der Waals surface area contributed by atoms with Crippen molar-refractivity contribution in [3.8, 4) is 0 Å². The fraction of sp³-hybridized carbons (Fsp3) is 0.500. The highest BCUT2D eigenvalue weighted by molar-refractivity contribution is 5.94. The van der Waals surface area contributed by atoms with E-state index in [-0.39, 0.29) is 36.8 Å². The van der Waals surface area contributed by atoms with Gasteiger partial charge in [-0.15, -0.1) is 0 Å². The maximum atomic E-state index is 11.8. The van der Waals surface area contributed by atoms with Crippen LogP contribution in [0.1, 0.15) is 31.7 Å². The molecular weight excluding hydrogens is 268 g/mol. The molecule has 1 saturated carbocycles. The van der Waals surface area contributed by atoms with Crippen molar-refractivity contribution in [3.05, 3.63) is 29.8 Å². The molecule has 0 bridgehead atoms. The molecule has 1 aromatic carbocycles. The van der Waals surface area contributed by atoms with Crippen molar-refractivity contribution in [2.24, 2.45) is 5.92 Å². The zero-order valence-electron chi connectivity index (χ0n) is 12.3. The number of rotatable bonds is 7. The average molecular weight is 290 g/mol. The van der Waals surface area contributed by atoms with Crippen LogP contribution >= 0.6 is 0 Å². The molecule has 0 heterocycles. The van der Waals surface area contributed by atoms with Crippen LogP contribution in [0.4, 0.5) is 5.69 Å². The summed E-state index contributed by atoms with van der Waals surface area (Å²) in [5.41, 5.74) is 1.64. The summed E-state index contributed by atoms with van der Waals surface area (Å²) in [6.45, 7) is 1.87. The van der Waals surface area contributed by atoms with Crippen molar-refractivity contribution in [2.75, 3.05) is 11.9 Å². The van der Waals surface area contributed by atoms with E-state index in [9.17, 15) is 9.59 Å². The average Bonchev–Trinajstić information content (AvgIpc) is 3.31. The highest BCUT2D eigenvalue weighted by atomic mass is 16.3. The predicted molar refractivity (Wildman–Crippen MR) is 80.8 cm³/mol. The second-order valence-corrected chi connectivity index (χ2v) is 5.49. The fourth-order valence-electron chi connectivity index (χ4n) is 2.04. The van der Waals surface area contributed by atoms with Gasteiger partial charge in [-0.1, -0.05) is 19.1 Å². The first-order chi connectivity index (χ1) is 10.1. The maximum absolute atomic E-state index is 11.8. The molecular formula is C16H22N2O3. The van der Waals surface area contributed by atoms with Gasteiger partial charge in [0, 0.05) is 11.6 Å². The Kier molecular flexibility index (Phi) is 5.33. The van der Waals surface area contributed by atoms with Crippen LogP contribution in [0.5, 0.6) is 0 Å². The Balaban J connectivity index is 1.83. The largest absolute Gasteiger partial charge is 0.394 e. The van der Waals surface area contributed by atoms with Crippen LogP contribution < -0.4 is 10.6 Å². The van der Waals surface area contributed by atoms with E-state index in [0.29, 0.717) is 6.42 Å². The number of carbonyl (C=O) groups is 2. The molecule has 1 aliphatic rings. The first-order valence-corrected chi connectivity index (χ1v) is 7.42. The van der Waals surface area contributed by atoms with Crippen LogP contribution in [0.25, 0.3) is 0 Å². The molecule has 2 amide bonds. The molecule has 5 nitrogen and oxygen atoms in total. The lowest BCUT2D eigenvalue weighted by atomic mass is 10.1. The molecule has 21 heavy (non-hydrogen) atoms. The third-order valence-corrected chi connectivity index (χ3v) is 3.61. The van der Waals surface area contributed by atoms with Gasteiger partial charge in [-0.25, -0.2) is 0 Å². The molecule has 1 aliphatic carbocycles. The number of hydrogen-bond acceptors (Lipinski definition) is 3. The predicted octanol–water partition coefficient (Wildman–Crippen LogP) is 1.46. The number of hydrogen-bond donors (Lipinski definition) is 3. The number of amides is 2. The van der Waals surface area contributed by atoms with Gasteiger partial charge in [0.15, 0.2) is 0 Å². The van der Waals surface area contributed by atoms with Gasteiger partial charge in [-0.2, -0.15) is 0 Å². The van der Waals surface area contributed by atoms with Crippen molar-refractivity contribution < 1.29 is 14.7 Å². The van der Waals surface area contributed by atoms with E-state index in [1.807, 2.05) is 31.2 Å². The maximum Gasteiger partial charge on any atom is 0.227 e. The van der Waals surface area contributed by atoms with Crippen LogP contribution in [-0.4, -0.2) is 29.6 Å². The standard InChI is InChI=1S/C16H22N2O3/c1-2-13(10-19)17-15(20)9-11-3-7-14(8-4-11)18-16(21)12-5-6-12/h3-4,7-8,12-13,19H,2,5-6,9-10H2,1H3,(H,17,20)(H,18,21). The van der Waals surface area contributed by atoms with E-state index in [1.54, 1.807) is 0 Å². The molecule has 2 rings (SSSR count). The Morgan fingerprint density at radius 1 is 1.29 bits per heavy atom. The SMILES string of the molecule is CCC(CO)NC(=O)Cc1ccc(NC(=O)C2CC2)cc1. The lowest BCUT2D eigenvalue weighted by Gasteiger charge is -2.14. The van der Waals surface area contributed by atoms with Crippen molar-refractivity contribution in [1.82, 2.24) is 5.32 Å². The minimum atomic E-state index is -0.186. The van der Waals surface area contributed by atoms with Crippen LogP contribution in [0, 0.1) is 5.92 Å². The zero-order valence-corrected chi connectivity index (χ0v) is 12.3. The van der Waals surface area contributed by atoms with Gasteiger partial charge in [-0.3, -0.25) is 9.59 Å². The van der Waals surface area contributed by atoms with Gasteiger partial charge in [0.05, 0.1) is 19.1 Å². The number of benzene rings is 1. The molecule has 1 atom stereocenters. The number of aliphatic hydroxyl groups excluding tert-OH is 1. The fourth-order valence-corrected chi connectivity index (χ4v) is 2.04. The van der Waals surface area contributed by atoms with E-state index < -0.39 is 0 Å². The minimum Gasteiger partial charge on any atom is -0.394 e. The lowest BCUT2D eigenvalue weighted by molar-refractivity contribution is -0.121. The Labute approximate surface area is 124 Å². The Morgan fingerprint density at radius 3 is 2.48 bits per heavy atom. The zero-order chi connectivity index (χ0) is 15.2. The van der Waals surface area contributed by atoms with Gasteiger partial charge in [0.1, 0.15) is 0 Å². The summed E-state index contributed by atoms with van der Waals surface area (Å²) < 4.78 is 0. The third kappa shape index (κ3) is 4.86. The highest BCUT2D eigenvalue weighted by Gasteiger charge is 2.29. The summed E-state index contributed by atoms with van der Waals surface area (Å²) in [7, 11) is 0. The molecule has 114 valence electrons. The van der Waals surface area contributed by atoms with Gasteiger partial charge in [-0.05, 0) is 37.0 Å². The monoisotopic (exact) mass is 290 g/mol. The van der Waals surface area contributed by atoms with Gasteiger partial charge < -0.3 is 15.7 Å². The van der Waals surface area contributed by atoms with E-state index in [1.165, 1.54) is 0 Å². The van der Waals surface area contributed by atoms with E-state index in [2.05, 4.69) is 10.6 Å². The second kappa shape index (κ2) is 7.22. The number of aliphatic hydroxyl groups is 1. The molecule has 0 spiro atoms. The summed E-state index contributed by atoms with van der Waals surface area (Å²) in [5.74, 6) is 0.153. The molecule has 5 heteroatoms. The smallest absolute Gasteiger partial charge is 0.227 e. The van der Waals surface area contributed by atoms with Gasteiger partial charge in [0.2, 0.25) is 11.8 Å². The number of nitrogens with one attached hydrogen (secondary N) is 2. The molecule has 1 aromatic rings. The van der Waals surface area contributed by atoms with E-state index in [0.717, 1.165) is 24.1 Å². The Bertz CT molecular complexity index is 491. The number of anilines is 1. The van der Waals surface area contributed by atoms with E-state index in [4.69, 9.17) is 5.11 Å². The second-order valence-electron chi connectivity index (χ2n) is 5.49. The van der Waals surface area contributed by atoms with Crippen molar-refractivity contribution in [1.29, 1.82) is 0 Å². The number of carbonyl (C=O) groups excluding carboxylic acids is 2. The summed E-state index contributed by atoms with van der Waals surface area (Å²) in [4.78, 5) is 23.4. The molecule has 1 unspecified atom stereocenters. The summed E-state index contributed by atoms with van der Waals surface area (Å²) in [5, 5.41) is 14.7. The Hall–Kier alpha value is -1.88. The lowest BCUT2D eigenvalue weighted by Crippen LogP contribution is -2.37. The van der Waals surface area contributed by atoms with Crippen LogP contribution in [0.2, 0.25) is 0 Å². The van der Waals surface area contributed by atoms with Crippen molar-refractivity contribution >= 4 is 17.5 Å².